The number of nitrogens with zero attached hydrogens (tertiary/aromatic N) is 1. The summed E-state index contributed by atoms with van der Waals surface area (Å²) in [6, 6.07) is 8.12. The summed E-state index contributed by atoms with van der Waals surface area (Å²) in [7, 11) is 0. The Morgan fingerprint density at radius 3 is 2.94 bits per heavy atom. The molecule has 1 aromatic rings. The molecule has 0 aliphatic rings. The number of guanidine groups is 1. The van der Waals surface area contributed by atoms with Crippen LogP contribution in [0.2, 0.25) is 0 Å². The lowest BCUT2D eigenvalue weighted by Crippen LogP contribution is -2.22. The van der Waals surface area contributed by atoms with Crippen LogP contribution in [0.5, 0.6) is 0 Å². The van der Waals surface area contributed by atoms with E-state index in [-0.39, 0.29) is 24.0 Å². The van der Waals surface area contributed by atoms with Gasteiger partial charge >= 0.3 is 0 Å². The molecule has 1 aromatic carbocycles. The summed E-state index contributed by atoms with van der Waals surface area (Å²) < 4.78 is 0. The van der Waals surface area contributed by atoms with Crippen molar-refractivity contribution in [3.05, 3.63) is 42.5 Å². The fourth-order valence-electron chi connectivity index (χ4n) is 1.22. The van der Waals surface area contributed by atoms with Gasteiger partial charge in [0.2, 0.25) is 0 Å². The van der Waals surface area contributed by atoms with E-state index in [0.29, 0.717) is 12.5 Å². The average molecular weight is 331 g/mol. The Labute approximate surface area is 114 Å². The van der Waals surface area contributed by atoms with Gasteiger partial charge in [-0.3, -0.25) is 0 Å². The van der Waals surface area contributed by atoms with E-state index in [9.17, 15) is 0 Å². The first-order valence-corrected chi connectivity index (χ1v) is 5.03. The summed E-state index contributed by atoms with van der Waals surface area (Å²) in [5.74, 6) is 0.420. The van der Waals surface area contributed by atoms with Crippen molar-refractivity contribution in [3.8, 4) is 0 Å². The van der Waals surface area contributed by atoms with Gasteiger partial charge in [-0.15, -0.1) is 30.6 Å². The molecule has 1 rings (SSSR count). The Kier molecular flexibility index (Phi) is 7.62. The zero-order valence-corrected chi connectivity index (χ0v) is 11.8. The number of aryl methyl sites for hydroxylation is 1. The first-order chi connectivity index (χ1) is 7.26. The van der Waals surface area contributed by atoms with Crippen LogP contribution < -0.4 is 11.1 Å². The molecule has 0 aliphatic carbocycles. The minimum Gasteiger partial charge on any atom is -0.370 e. The summed E-state index contributed by atoms with van der Waals surface area (Å²) in [5.41, 5.74) is 7.92. The van der Waals surface area contributed by atoms with Crippen molar-refractivity contribution < 1.29 is 0 Å². The minimum atomic E-state index is 0. The molecule has 0 amide bonds. The molecule has 0 fully saturated rings. The summed E-state index contributed by atoms with van der Waals surface area (Å²) in [6.07, 6.45) is 2.72. The van der Waals surface area contributed by atoms with Crippen LogP contribution >= 0.6 is 24.0 Å². The standard InChI is InChI=1S/C12H17N3.HI/c1-3-8-14-12(13)15-11-7-5-6-10(4-2)9-11;/h3,5-7,9H,1,4,8H2,2H3,(H3,13,14,15);1H. The number of hydrogen-bond donors (Lipinski definition) is 2. The van der Waals surface area contributed by atoms with Crippen LogP contribution in [-0.4, -0.2) is 12.5 Å². The number of benzene rings is 1. The molecule has 0 radical (unpaired) electrons. The maximum Gasteiger partial charge on any atom is 0.193 e. The fraction of sp³-hybridized carbons (Fsp3) is 0.250. The molecule has 3 N–H and O–H groups in total. The number of hydrogen-bond acceptors (Lipinski definition) is 1. The third kappa shape index (κ3) is 5.16. The number of anilines is 1. The normalized spacial score (nSPS) is 10.4. The largest absolute Gasteiger partial charge is 0.370 e. The molecule has 0 aliphatic heterocycles. The lowest BCUT2D eigenvalue weighted by Gasteiger charge is -2.06. The first-order valence-electron chi connectivity index (χ1n) is 5.03. The molecular formula is C12H18IN3. The molecule has 0 spiro atoms. The van der Waals surface area contributed by atoms with E-state index < -0.39 is 0 Å². The number of halogens is 1. The van der Waals surface area contributed by atoms with Crippen LogP contribution in [0.4, 0.5) is 5.69 Å². The van der Waals surface area contributed by atoms with Gasteiger partial charge in [0, 0.05) is 5.69 Å². The van der Waals surface area contributed by atoms with E-state index in [1.807, 2.05) is 12.1 Å². The predicted octanol–water partition coefficient (Wildman–Crippen LogP) is 2.78. The molecule has 16 heavy (non-hydrogen) atoms. The van der Waals surface area contributed by atoms with Crippen LogP contribution in [0, 0.1) is 0 Å². The van der Waals surface area contributed by atoms with Crippen molar-refractivity contribution in [1.82, 2.24) is 0 Å². The van der Waals surface area contributed by atoms with Gasteiger partial charge in [0.05, 0.1) is 6.54 Å². The monoisotopic (exact) mass is 331 g/mol. The van der Waals surface area contributed by atoms with Crippen molar-refractivity contribution in [1.29, 1.82) is 0 Å². The van der Waals surface area contributed by atoms with E-state index in [1.54, 1.807) is 6.08 Å². The smallest absolute Gasteiger partial charge is 0.193 e. The zero-order valence-electron chi connectivity index (χ0n) is 9.44. The third-order valence-corrected chi connectivity index (χ3v) is 2.00. The molecule has 4 heteroatoms. The molecule has 0 aromatic heterocycles. The van der Waals surface area contributed by atoms with Gasteiger partial charge in [0.15, 0.2) is 5.96 Å². The lowest BCUT2D eigenvalue weighted by atomic mass is 10.1. The molecular weight excluding hydrogens is 313 g/mol. The van der Waals surface area contributed by atoms with Crippen LogP contribution in [0.1, 0.15) is 12.5 Å². The Morgan fingerprint density at radius 1 is 1.56 bits per heavy atom. The number of nitrogens with one attached hydrogen (secondary N) is 1. The predicted molar refractivity (Wildman–Crippen MR) is 81.5 cm³/mol. The van der Waals surface area contributed by atoms with Crippen LogP contribution in [0.25, 0.3) is 0 Å². The average Bonchev–Trinajstić information content (AvgIpc) is 2.26. The molecule has 0 saturated carbocycles. The zero-order chi connectivity index (χ0) is 11.1. The van der Waals surface area contributed by atoms with Crippen LogP contribution in [0.15, 0.2) is 41.9 Å². The quantitative estimate of drug-likeness (QED) is 0.386. The Bertz CT molecular complexity index is 361. The van der Waals surface area contributed by atoms with Crippen molar-refractivity contribution in [3.63, 3.8) is 0 Å². The first kappa shape index (κ1) is 15.0. The molecule has 0 heterocycles. The van der Waals surface area contributed by atoms with Crippen molar-refractivity contribution in [2.24, 2.45) is 10.7 Å². The van der Waals surface area contributed by atoms with E-state index in [0.717, 1.165) is 12.1 Å². The maximum absolute atomic E-state index is 5.67. The summed E-state index contributed by atoms with van der Waals surface area (Å²) >= 11 is 0. The van der Waals surface area contributed by atoms with Gasteiger partial charge in [-0.25, -0.2) is 4.99 Å². The van der Waals surface area contributed by atoms with Gasteiger partial charge in [-0.1, -0.05) is 25.1 Å². The number of nitrogens with two attached hydrogens (primary N) is 1. The second-order valence-electron chi connectivity index (χ2n) is 3.19. The highest BCUT2D eigenvalue weighted by Crippen LogP contribution is 2.10. The summed E-state index contributed by atoms with van der Waals surface area (Å²) in [4.78, 5) is 4.06. The highest BCUT2D eigenvalue weighted by Gasteiger charge is 1.95. The Hall–Kier alpha value is -1.04. The van der Waals surface area contributed by atoms with Crippen molar-refractivity contribution >= 4 is 35.6 Å². The molecule has 3 nitrogen and oxygen atoms in total. The fourth-order valence-corrected chi connectivity index (χ4v) is 1.22. The molecule has 0 saturated heterocycles. The lowest BCUT2D eigenvalue weighted by molar-refractivity contribution is 1.14. The topological polar surface area (TPSA) is 50.4 Å². The van der Waals surface area contributed by atoms with Gasteiger partial charge < -0.3 is 11.1 Å². The Balaban J connectivity index is 0.00000225. The van der Waals surface area contributed by atoms with E-state index in [1.165, 1.54) is 5.56 Å². The molecule has 0 atom stereocenters. The summed E-state index contributed by atoms with van der Waals surface area (Å²) in [6.45, 7) is 6.23. The van der Waals surface area contributed by atoms with Gasteiger partial charge in [0.1, 0.15) is 0 Å². The summed E-state index contributed by atoms with van der Waals surface area (Å²) in [5, 5.41) is 3.03. The minimum absolute atomic E-state index is 0. The van der Waals surface area contributed by atoms with Crippen LogP contribution in [-0.2, 0) is 6.42 Å². The van der Waals surface area contributed by atoms with Gasteiger partial charge in [-0.05, 0) is 24.1 Å². The van der Waals surface area contributed by atoms with Gasteiger partial charge in [0.25, 0.3) is 0 Å². The SMILES string of the molecule is C=CCN=C(N)Nc1cccc(CC)c1.I. The second kappa shape index (κ2) is 8.15. The van der Waals surface area contributed by atoms with Crippen molar-refractivity contribution in [2.75, 3.05) is 11.9 Å². The molecule has 0 bridgehead atoms. The molecule has 88 valence electrons. The van der Waals surface area contributed by atoms with Crippen LogP contribution in [0.3, 0.4) is 0 Å². The van der Waals surface area contributed by atoms with Gasteiger partial charge in [-0.2, -0.15) is 0 Å². The highest BCUT2D eigenvalue weighted by atomic mass is 127. The van der Waals surface area contributed by atoms with E-state index in [4.69, 9.17) is 5.73 Å². The third-order valence-electron chi connectivity index (χ3n) is 2.00. The maximum atomic E-state index is 5.67. The van der Waals surface area contributed by atoms with E-state index in [2.05, 4.69) is 35.9 Å². The van der Waals surface area contributed by atoms with Crippen molar-refractivity contribution in [2.45, 2.75) is 13.3 Å². The molecule has 0 unspecified atom stereocenters. The number of aliphatic imine (C=N–C) groups is 1. The number of rotatable bonds is 4. The highest BCUT2D eigenvalue weighted by molar-refractivity contribution is 14.0. The Morgan fingerprint density at radius 2 is 2.31 bits per heavy atom. The second-order valence-corrected chi connectivity index (χ2v) is 3.19. The van der Waals surface area contributed by atoms with E-state index >= 15 is 0 Å².